The molecule has 3 aromatic rings. The Hall–Kier alpha value is -3.45. The van der Waals surface area contributed by atoms with Crippen LogP contribution >= 0.6 is 0 Å². The van der Waals surface area contributed by atoms with E-state index in [-0.39, 0.29) is 11.6 Å². The molecule has 0 amide bonds. The molecule has 1 saturated heterocycles. The number of nitrogen functional groups attached to an aromatic ring is 1. The maximum absolute atomic E-state index is 15.0. The lowest BCUT2D eigenvalue weighted by atomic mass is 9.92. The lowest BCUT2D eigenvalue weighted by Gasteiger charge is -2.36. The summed E-state index contributed by atoms with van der Waals surface area (Å²) in [5, 5.41) is 3.10. The molecule has 1 aromatic heterocycles. The van der Waals surface area contributed by atoms with Crippen molar-refractivity contribution >= 4 is 17.2 Å². The Morgan fingerprint density at radius 3 is 2.46 bits per heavy atom. The Morgan fingerprint density at radius 1 is 0.973 bits per heavy atom. The summed E-state index contributed by atoms with van der Waals surface area (Å²) in [5.74, 6) is 0.0173. The predicted octanol–water partition coefficient (Wildman–Crippen LogP) is 5.31. The zero-order valence-corrected chi connectivity index (χ0v) is 21.1. The fraction of sp³-hybridized carbons (Fsp3) is 0.367. The zero-order valence-electron chi connectivity index (χ0n) is 21.1. The van der Waals surface area contributed by atoms with Crippen molar-refractivity contribution < 1.29 is 8.78 Å². The molecule has 3 heterocycles. The van der Waals surface area contributed by atoms with Gasteiger partial charge in [-0.05, 0) is 66.3 Å². The van der Waals surface area contributed by atoms with E-state index in [1.54, 1.807) is 6.07 Å². The number of hydrogen-bond acceptors (Lipinski definition) is 5. The number of nitrogens with zero attached hydrogens (tertiary/aromatic N) is 3. The van der Waals surface area contributed by atoms with Gasteiger partial charge in [-0.25, -0.2) is 9.37 Å². The summed E-state index contributed by atoms with van der Waals surface area (Å²) in [6.07, 6.45) is 4.84. The summed E-state index contributed by atoms with van der Waals surface area (Å²) in [5.41, 5.74) is 11.4. The minimum Gasteiger partial charge on any atom is -0.385 e. The molecule has 6 rings (SSSR count). The van der Waals surface area contributed by atoms with E-state index in [1.807, 2.05) is 30.3 Å². The summed E-state index contributed by atoms with van der Waals surface area (Å²) in [6.45, 7) is 9.98. The third kappa shape index (κ3) is 4.92. The first kappa shape index (κ1) is 23.9. The van der Waals surface area contributed by atoms with E-state index in [0.29, 0.717) is 46.5 Å². The van der Waals surface area contributed by atoms with Crippen molar-refractivity contribution in [2.24, 2.45) is 5.92 Å². The summed E-state index contributed by atoms with van der Waals surface area (Å²) in [7, 11) is 0. The molecule has 3 aliphatic rings. The highest BCUT2D eigenvalue weighted by Crippen LogP contribution is 2.36. The van der Waals surface area contributed by atoms with E-state index in [9.17, 15) is 8.78 Å². The number of nitrogens with one attached hydrogen (secondary N) is 1. The van der Waals surface area contributed by atoms with Crippen LogP contribution in [0, 0.1) is 17.7 Å². The lowest BCUT2D eigenvalue weighted by Crippen LogP contribution is -2.46. The van der Waals surface area contributed by atoms with Crippen LogP contribution in [0.1, 0.15) is 30.4 Å². The third-order valence-electron chi connectivity index (χ3n) is 7.99. The van der Waals surface area contributed by atoms with Crippen LogP contribution in [0.3, 0.4) is 0 Å². The fourth-order valence-corrected chi connectivity index (χ4v) is 5.58. The Labute approximate surface area is 217 Å². The van der Waals surface area contributed by atoms with Gasteiger partial charge in [-0.15, -0.1) is 0 Å². The van der Waals surface area contributed by atoms with E-state index >= 15 is 0 Å². The molecule has 2 fully saturated rings. The number of rotatable bonds is 6. The molecule has 7 heteroatoms. The monoisotopic (exact) mass is 501 g/mol. The van der Waals surface area contributed by atoms with Crippen molar-refractivity contribution in [3.8, 4) is 22.3 Å². The Morgan fingerprint density at radius 2 is 1.73 bits per heavy atom. The number of anilines is 2. The van der Waals surface area contributed by atoms with Gasteiger partial charge >= 0.3 is 0 Å². The van der Waals surface area contributed by atoms with Crippen LogP contribution in [-0.4, -0.2) is 49.2 Å². The molecular formula is C30H33F2N5. The topological polar surface area (TPSA) is 57.4 Å². The smallest absolute Gasteiger partial charge is 0.222 e. The highest BCUT2D eigenvalue weighted by atomic mass is 19.1. The van der Waals surface area contributed by atoms with E-state index in [1.165, 1.54) is 31.9 Å². The van der Waals surface area contributed by atoms with Crippen LogP contribution in [0.15, 0.2) is 49.0 Å². The van der Waals surface area contributed by atoms with Gasteiger partial charge in [-0.1, -0.05) is 37.6 Å². The molecule has 5 nitrogen and oxygen atoms in total. The minimum absolute atomic E-state index is 0.0459. The van der Waals surface area contributed by atoms with Crippen molar-refractivity contribution in [2.45, 2.75) is 25.7 Å². The van der Waals surface area contributed by atoms with Crippen molar-refractivity contribution in [1.29, 1.82) is 0 Å². The van der Waals surface area contributed by atoms with Gasteiger partial charge in [-0.3, -0.25) is 4.90 Å². The van der Waals surface area contributed by atoms with Crippen LogP contribution in [-0.2, 0) is 6.42 Å². The second kappa shape index (κ2) is 9.78. The molecule has 0 bridgehead atoms. The molecule has 3 N–H and O–H groups in total. The average molecular weight is 502 g/mol. The van der Waals surface area contributed by atoms with E-state index < -0.39 is 5.95 Å². The predicted molar refractivity (Wildman–Crippen MR) is 146 cm³/mol. The van der Waals surface area contributed by atoms with Crippen LogP contribution in [0.5, 0.6) is 0 Å². The second-order valence-corrected chi connectivity index (χ2v) is 10.5. The van der Waals surface area contributed by atoms with Gasteiger partial charge in [0, 0.05) is 60.8 Å². The molecule has 0 spiro atoms. The molecule has 37 heavy (non-hydrogen) atoms. The number of piperazine rings is 1. The summed E-state index contributed by atoms with van der Waals surface area (Å²) in [6, 6.07) is 13.0. The van der Waals surface area contributed by atoms with Crippen LogP contribution in [0.4, 0.5) is 20.3 Å². The summed E-state index contributed by atoms with van der Waals surface area (Å²) in [4.78, 5) is 8.93. The van der Waals surface area contributed by atoms with Gasteiger partial charge < -0.3 is 16.0 Å². The SMILES string of the molecule is C=C1NCCc2cc(-c3cc(-c4ccc(N5CCN(CCC6CC6)CC5)cc4)c(F)nc3N)cc(F)c21. The molecule has 1 saturated carbocycles. The Balaban J connectivity index is 1.22. The van der Waals surface area contributed by atoms with E-state index in [4.69, 9.17) is 5.73 Å². The number of aromatic nitrogens is 1. The van der Waals surface area contributed by atoms with Crippen LogP contribution in [0.25, 0.3) is 28.0 Å². The normalized spacial score (nSPS) is 18.0. The first-order valence-corrected chi connectivity index (χ1v) is 13.3. The van der Waals surface area contributed by atoms with E-state index in [2.05, 4.69) is 26.7 Å². The fourth-order valence-electron chi connectivity index (χ4n) is 5.58. The molecule has 192 valence electrons. The molecule has 2 aromatic carbocycles. The minimum atomic E-state index is -0.630. The molecule has 0 unspecified atom stereocenters. The van der Waals surface area contributed by atoms with Gasteiger partial charge in [0.25, 0.3) is 0 Å². The maximum Gasteiger partial charge on any atom is 0.222 e. The molecule has 2 aliphatic heterocycles. The Bertz CT molecular complexity index is 1320. The standard InChI is InChI=1S/C30H33F2N5/c1-19-28-22(8-10-34-19)16-23(17-27(28)31)26-18-25(29(32)35-30(26)33)21-4-6-24(7-5-21)37-14-12-36(13-15-37)11-9-20-2-3-20/h4-7,16-18,20,34H,1-3,8-15H2,(H2,33,35). The zero-order chi connectivity index (χ0) is 25.5. The summed E-state index contributed by atoms with van der Waals surface area (Å²) < 4.78 is 30.0. The van der Waals surface area contributed by atoms with Gasteiger partial charge in [0.2, 0.25) is 5.95 Å². The largest absolute Gasteiger partial charge is 0.385 e. The van der Waals surface area contributed by atoms with Crippen molar-refractivity contribution in [2.75, 3.05) is 49.9 Å². The second-order valence-electron chi connectivity index (χ2n) is 10.5. The number of pyridine rings is 1. The van der Waals surface area contributed by atoms with E-state index in [0.717, 1.165) is 43.3 Å². The highest BCUT2D eigenvalue weighted by Gasteiger charge is 2.24. The molecule has 0 atom stereocenters. The maximum atomic E-state index is 15.0. The van der Waals surface area contributed by atoms with Crippen molar-refractivity contribution in [3.63, 3.8) is 0 Å². The molecule has 1 aliphatic carbocycles. The first-order valence-electron chi connectivity index (χ1n) is 13.3. The average Bonchev–Trinajstić information content (AvgIpc) is 3.73. The van der Waals surface area contributed by atoms with Gasteiger partial charge in [0.15, 0.2) is 0 Å². The quantitative estimate of drug-likeness (QED) is 0.448. The molecule has 0 radical (unpaired) electrons. The van der Waals surface area contributed by atoms with Crippen LogP contribution < -0.4 is 16.0 Å². The number of benzene rings is 2. The number of halogens is 2. The van der Waals surface area contributed by atoms with Crippen molar-refractivity contribution in [1.82, 2.24) is 15.2 Å². The number of hydrogen-bond donors (Lipinski definition) is 2. The lowest BCUT2D eigenvalue weighted by molar-refractivity contribution is 0.250. The number of nitrogens with two attached hydrogens (primary N) is 1. The molecular weight excluding hydrogens is 468 g/mol. The van der Waals surface area contributed by atoms with Gasteiger partial charge in [0.1, 0.15) is 11.6 Å². The van der Waals surface area contributed by atoms with Crippen molar-refractivity contribution in [3.05, 3.63) is 71.9 Å². The third-order valence-corrected chi connectivity index (χ3v) is 7.99. The summed E-state index contributed by atoms with van der Waals surface area (Å²) >= 11 is 0. The highest BCUT2D eigenvalue weighted by molar-refractivity contribution is 5.82. The number of fused-ring (bicyclic) bond motifs is 1. The Kier molecular flexibility index (Phi) is 6.32. The van der Waals surface area contributed by atoms with Gasteiger partial charge in [0.05, 0.1) is 0 Å². The first-order chi connectivity index (χ1) is 18.0. The van der Waals surface area contributed by atoms with Crippen LogP contribution in [0.2, 0.25) is 0 Å². The van der Waals surface area contributed by atoms with Gasteiger partial charge in [-0.2, -0.15) is 4.39 Å².